The highest BCUT2D eigenvalue weighted by Gasteiger charge is 2.38. The summed E-state index contributed by atoms with van der Waals surface area (Å²) in [5, 5.41) is 2.54. The summed E-state index contributed by atoms with van der Waals surface area (Å²) in [6.07, 6.45) is 4.00. The van der Waals surface area contributed by atoms with Crippen LogP contribution < -0.4 is 4.90 Å². The standard InChI is InChI=1S/C42H32Br2N2/c1-26-20-29(24-39-27-10-11-28(21-27)42(26)39)30-22-35(45(33-16-12-31(43)13-17-33)34-18-14-32(44)15-19-34)25-36(23-30)46-40-8-4-2-6-37(40)38-7-3-5-9-41(38)46/h2-9,12-20,22-25,27-28H,10-11,21H2,1H3. The van der Waals surface area contributed by atoms with Crippen molar-refractivity contribution in [1.29, 1.82) is 0 Å². The van der Waals surface area contributed by atoms with Crippen LogP contribution in [0.1, 0.15) is 47.8 Å². The molecule has 7 aromatic rings. The number of benzene rings is 6. The van der Waals surface area contributed by atoms with Gasteiger partial charge in [-0.1, -0.05) is 80.4 Å². The molecule has 1 fully saturated rings. The van der Waals surface area contributed by atoms with Gasteiger partial charge in [0.2, 0.25) is 0 Å². The molecule has 2 nitrogen and oxygen atoms in total. The Bertz CT molecular complexity index is 2180. The first-order valence-corrected chi connectivity index (χ1v) is 17.7. The molecule has 6 aromatic carbocycles. The van der Waals surface area contributed by atoms with Crippen LogP contribution in [-0.4, -0.2) is 4.57 Å². The van der Waals surface area contributed by atoms with E-state index in [0.717, 1.165) is 37.6 Å². The van der Waals surface area contributed by atoms with Crippen LogP contribution in [0.3, 0.4) is 0 Å². The van der Waals surface area contributed by atoms with Crippen molar-refractivity contribution in [2.45, 2.75) is 38.0 Å². The molecule has 0 amide bonds. The third-order valence-corrected chi connectivity index (χ3v) is 11.3. The second kappa shape index (κ2) is 11.0. The highest BCUT2D eigenvalue weighted by atomic mass is 79.9. The van der Waals surface area contributed by atoms with Crippen LogP contribution in [0.4, 0.5) is 17.1 Å². The van der Waals surface area contributed by atoms with Crippen molar-refractivity contribution in [3.8, 4) is 16.8 Å². The SMILES string of the molecule is Cc1cc(-c2cc(N(c3ccc(Br)cc3)c3ccc(Br)cc3)cc(-n3c4ccccc4c4ccccc43)c2)cc2c1C1CCC2C1. The maximum absolute atomic E-state index is 3.66. The summed E-state index contributed by atoms with van der Waals surface area (Å²) in [7, 11) is 0. The van der Waals surface area contributed by atoms with Gasteiger partial charge in [-0.2, -0.15) is 0 Å². The average Bonchev–Trinajstić information content (AvgIpc) is 3.79. The first-order valence-electron chi connectivity index (χ1n) is 16.1. The maximum Gasteiger partial charge on any atom is 0.0541 e. The Balaban J connectivity index is 1.33. The van der Waals surface area contributed by atoms with E-state index in [1.165, 1.54) is 57.8 Å². The van der Waals surface area contributed by atoms with Gasteiger partial charge in [0.25, 0.3) is 0 Å². The number of hydrogen-bond donors (Lipinski definition) is 0. The lowest BCUT2D eigenvalue weighted by atomic mass is 9.86. The molecule has 2 aliphatic rings. The number of aromatic nitrogens is 1. The summed E-state index contributed by atoms with van der Waals surface area (Å²) in [5.74, 6) is 1.46. The average molecular weight is 725 g/mol. The molecule has 0 spiro atoms. The molecule has 1 heterocycles. The third-order valence-electron chi connectivity index (χ3n) is 10.2. The number of anilines is 3. The lowest BCUT2D eigenvalue weighted by molar-refractivity contribution is 0.714. The molecule has 0 N–H and O–H groups in total. The second-order valence-corrected chi connectivity index (χ2v) is 14.7. The number of para-hydroxylation sites is 2. The lowest BCUT2D eigenvalue weighted by Gasteiger charge is -2.27. The Morgan fingerprint density at radius 2 is 1.15 bits per heavy atom. The zero-order valence-electron chi connectivity index (χ0n) is 25.6. The van der Waals surface area contributed by atoms with Gasteiger partial charge in [0, 0.05) is 42.5 Å². The second-order valence-electron chi connectivity index (χ2n) is 12.9. The van der Waals surface area contributed by atoms with Crippen LogP contribution in [0.15, 0.2) is 136 Å². The van der Waals surface area contributed by atoms with Gasteiger partial charge in [-0.3, -0.25) is 0 Å². The quantitative estimate of drug-likeness (QED) is 0.172. The number of aryl methyl sites for hydroxylation is 1. The molecular weight excluding hydrogens is 692 g/mol. The summed E-state index contributed by atoms with van der Waals surface area (Å²) in [4.78, 5) is 2.38. The van der Waals surface area contributed by atoms with Crippen molar-refractivity contribution < 1.29 is 0 Å². The third kappa shape index (κ3) is 4.57. The Morgan fingerprint density at radius 3 is 1.78 bits per heavy atom. The van der Waals surface area contributed by atoms with Crippen molar-refractivity contribution in [3.63, 3.8) is 0 Å². The maximum atomic E-state index is 3.66. The minimum absolute atomic E-state index is 0.709. The van der Waals surface area contributed by atoms with Gasteiger partial charge in [-0.05, 0) is 145 Å². The van der Waals surface area contributed by atoms with Gasteiger partial charge < -0.3 is 9.47 Å². The van der Waals surface area contributed by atoms with Crippen LogP contribution in [0, 0.1) is 6.92 Å². The van der Waals surface area contributed by atoms with Crippen LogP contribution in [0.25, 0.3) is 38.6 Å². The van der Waals surface area contributed by atoms with Crippen LogP contribution in [0.2, 0.25) is 0 Å². The molecule has 4 heteroatoms. The van der Waals surface area contributed by atoms with Gasteiger partial charge >= 0.3 is 0 Å². The van der Waals surface area contributed by atoms with E-state index in [9.17, 15) is 0 Å². The zero-order chi connectivity index (χ0) is 30.9. The molecular formula is C42H32Br2N2. The number of hydrogen-bond acceptors (Lipinski definition) is 1. The minimum atomic E-state index is 0.709. The summed E-state index contributed by atoms with van der Waals surface area (Å²) >= 11 is 7.32. The molecule has 2 aliphatic carbocycles. The van der Waals surface area contributed by atoms with Crippen molar-refractivity contribution in [2.75, 3.05) is 4.90 Å². The first kappa shape index (κ1) is 28.1. The van der Waals surface area contributed by atoms with Crippen LogP contribution in [0.5, 0.6) is 0 Å². The predicted molar refractivity (Wildman–Crippen MR) is 200 cm³/mol. The normalized spacial score (nSPS) is 16.8. The Hall–Kier alpha value is -4.12. The van der Waals surface area contributed by atoms with E-state index in [4.69, 9.17) is 0 Å². The van der Waals surface area contributed by atoms with E-state index in [1.54, 1.807) is 11.1 Å². The molecule has 0 saturated heterocycles. The van der Waals surface area contributed by atoms with E-state index in [1.807, 2.05) is 0 Å². The fraction of sp³-hybridized carbons (Fsp3) is 0.143. The molecule has 46 heavy (non-hydrogen) atoms. The summed E-state index contributed by atoms with van der Waals surface area (Å²) in [6, 6.07) is 46.9. The van der Waals surface area contributed by atoms with Gasteiger partial charge in [0.1, 0.15) is 0 Å². The number of rotatable bonds is 5. The van der Waals surface area contributed by atoms with Crippen molar-refractivity contribution in [1.82, 2.24) is 4.57 Å². The highest BCUT2D eigenvalue weighted by molar-refractivity contribution is 9.10. The van der Waals surface area contributed by atoms with E-state index in [-0.39, 0.29) is 0 Å². The fourth-order valence-corrected chi connectivity index (χ4v) is 8.79. The van der Waals surface area contributed by atoms with Gasteiger partial charge in [0.15, 0.2) is 0 Å². The van der Waals surface area contributed by atoms with Gasteiger partial charge in [-0.15, -0.1) is 0 Å². The van der Waals surface area contributed by atoms with Gasteiger partial charge in [0.05, 0.1) is 11.0 Å². The predicted octanol–water partition coefficient (Wildman–Crippen LogP) is 13.1. The smallest absolute Gasteiger partial charge is 0.0541 e. The summed E-state index contributed by atoms with van der Waals surface area (Å²) in [6.45, 7) is 2.33. The van der Waals surface area contributed by atoms with Crippen LogP contribution in [-0.2, 0) is 0 Å². The lowest BCUT2D eigenvalue weighted by Crippen LogP contribution is -2.11. The molecule has 0 aliphatic heterocycles. The summed E-state index contributed by atoms with van der Waals surface area (Å²) < 4.78 is 4.57. The highest BCUT2D eigenvalue weighted by Crippen LogP contribution is 2.55. The molecule has 1 saturated carbocycles. The molecule has 2 atom stereocenters. The molecule has 0 radical (unpaired) electrons. The number of fused-ring (bicyclic) bond motifs is 8. The largest absolute Gasteiger partial charge is 0.310 e. The molecule has 1 aromatic heterocycles. The number of nitrogens with zero attached hydrogens (tertiary/aromatic N) is 2. The molecule has 2 unspecified atom stereocenters. The molecule has 2 bridgehead atoms. The molecule has 224 valence electrons. The Kier molecular flexibility index (Phi) is 6.73. The number of halogens is 2. The van der Waals surface area contributed by atoms with Crippen molar-refractivity contribution in [2.24, 2.45) is 0 Å². The van der Waals surface area contributed by atoms with E-state index < -0.39 is 0 Å². The van der Waals surface area contributed by atoms with E-state index in [0.29, 0.717) is 5.92 Å². The summed E-state index contributed by atoms with van der Waals surface area (Å²) in [5.41, 5.74) is 14.1. The van der Waals surface area contributed by atoms with Crippen LogP contribution >= 0.6 is 31.9 Å². The first-order chi connectivity index (χ1) is 22.5. The van der Waals surface area contributed by atoms with E-state index in [2.05, 4.69) is 176 Å². The van der Waals surface area contributed by atoms with E-state index >= 15 is 0 Å². The Morgan fingerprint density at radius 1 is 0.587 bits per heavy atom. The van der Waals surface area contributed by atoms with Gasteiger partial charge in [-0.25, -0.2) is 0 Å². The topological polar surface area (TPSA) is 8.17 Å². The van der Waals surface area contributed by atoms with Crippen molar-refractivity contribution >= 4 is 70.7 Å². The minimum Gasteiger partial charge on any atom is -0.310 e. The Labute approximate surface area is 286 Å². The fourth-order valence-electron chi connectivity index (χ4n) is 8.26. The van der Waals surface area contributed by atoms with Crippen molar-refractivity contribution in [3.05, 3.63) is 153 Å². The molecule has 9 rings (SSSR count). The monoisotopic (exact) mass is 722 g/mol. The zero-order valence-corrected chi connectivity index (χ0v) is 28.7.